The lowest BCUT2D eigenvalue weighted by Gasteiger charge is -2.27. The average Bonchev–Trinajstić information content (AvgIpc) is 3.33. The Morgan fingerprint density at radius 3 is 2.72 bits per heavy atom. The van der Waals surface area contributed by atoms with Crippen LogP contribution >= 0.6 is 0 Å². The van der Waals surface area contributed by atoms with Crippen LogP contribution in [0, 0.1) is 0 Å². The molecule has 2 rings (SSSR count). The van der Waals surface area contributed by atoms with E-state index in [0.29, 0.717) is 6.04 Å². The van der Waals surface area contributed by atoms with E-state index in [-0.39, 0.29) is 6.04 Å². The molecule has 1 aromatic rings. The molecule has 0 saturated carbocycles. The summed E-state index contributed by atoms with van der Waals surface area (Å²) in [6.45, 7) is 9.45. The lowest BCUT2D eigenvalue weighted by atomic mass is 10.2. The molecule has 2 unspecified atom stereocenters. The highest BCUT2D eigenvalue weighted by atomic mass is 16.3. The second kappa shape index (κ2) is 10.5. The monoisotopic (exact) mass is 349 g/mol. The molecule has 1 aromatic heterocycles. The normalized spacial score (nSPS) is 18.5. The van der Waals surface area contributed by atoms with Crippen molar-refractivity contribution in [3.8, 4) is 0 Å². The van der Waals surface area contributed by atoms with E-state index >= 15 is 0 Å². The molecule has 0 radical (unpaired) electrons. The van der Waals surface area contributed by atoms with Crippen molar-refractivity contribution < 1.29 is 4.42 Å². The maximum absolute atomic E-state index is 5.68. The van der Waals surface area contributed by atoms with Gasteiger partial charge in [-0.25, -0.2) is 0 Å². The third kappa shape index (κ3) is 6.04. The van der Waals surface area contributed by atoms with E-state index in [4.69, 9.17) is 4.42 Å². The fraction of sp³-hybridized carbons (Fsp3) is 0.737. The molecular weight excluding hydrogens is 314 g/mol. The highest BCUT2D eigenvalue weighted by Crippen LogP contribution is 2.24. The van der Waals surface area contributed by atoms with Gasteiger partial charge in [-0.2, -0.15) is 0 Å². The molecule has 1 saturated heterocycles. The highest BCUT2D eigenvalue weighted by Gasteiger charge is 2.25. The summed E-state index contributed by atoms with van der Waals surface area (Å²) in [6, 6.07) is 4.91. The standard InChI is InChI=1S/C19H35N5O/c1-5-16(2)23(4)13-10-21-19(20-3)22-15-17(18-9-8-14-25-18)24-11-6-7-12-24/h8-9,14,16-17H,5-7,10-13,15H2,1-4H3,(H2,20,21,22). The fourth-order valence-corrected chi connectivity index (χ4v) is 3.24. The van der Waals surface area contributed by atoms with Gasteiger partial charge in [0.2, 0.25) is 0 Å². The first kappa shape index (κ1) is 19.8. The lowest BCUT2D eigenvalue weighted by molar-refractivity contribution is 0.215. The first-order valence-corrected chi connectivity index (χ1v) is 9.58. The number of hydrogen-bond donors (Lipinski definition) is 2. The molecule has 0 spiro atoms. The average molecular weight is 350 g/mol. The predicted octanol–water partition coefficient (Wildman–Crippen LogP) is 2.31. The van der Waals surface area contributed by atoms with Crippen LogP contribution in [0.2, 0.25) is 0 Å². The van der Waals surface area contributed by atoms with Gasteiger partial charge < -0.3 is 20.0 Å². The minimum absolute atomic E-state index is 0.263. The van der Waals surface area contributed by atoms with Gasteiger partial charge in [-0.1, -0.05) is 6.92 Å². The van der Waals surface area contributed by atoms with E-state index in [0.717, 1.165) is 44.4 Å². The summed E-state index contributed by atoms with van der Waals surface area (Å²) in [6.07, 6.45) is 5.47. The molecule has 2 N–H and O–H groups in total. The summed E-state index contributed by atoms with van der Waals surface area (Å²) < 4.78 is 5.68. The number of hydrogen-bond acceptors (Lipinski definition) is 4. The topological polar surface area (TPSA) is 56.0 Å². The SMILES string of the molecule is CCC(C)N(C)CCNC(=NC)NCC(c1ccco1)N1CCCC1. The third-order valence-electron chi connectivity index (χ3n) is 5.24. The Bertz CT molecular complexity index is 496. The lowest BCUT2D eigenvalue weighted by Crippen LogP contribution is -2.45. The Hall–Kier alpha value is -1.53. The van der Waals surface area contributed by atoms with Gasteiger partial charge in [0.25, 0.3) is 0 Å². The summed E-state index contributed by atoms with van der Waals surface area (Å²) in [5.41, 5.74) is 0. The van der Waals surface area contributed by atoms with Crippen LogP contribution in [-0.2, 0) is 0 Å². The first-order chi connectivity index (χ1) is 12.2. The smallest absolute Gasteiger partial charge is 0.191 e. The maximum Gasteiger partial charge on any atom is 0.191 e. The highest BCUT2D eigenvalue weighted by molar-refractivity contribution is 5.79. The van der Waals surface area contributed by atoms with Crippen molar-refractivity contribution in [1.29, 1.82) is 0 Å². The van der Waals surface area contributed by atoms with Gasteiger partial charge in [0.1, 0.15) is 5.76 Å². The van der Waals surface area contributed by atoms with Crippen LogP contribution in [0.3, 0.4) is 0 Å². The number of likely N-dealkylation sites (N-methyl/N-ethyl adjacent to an activating group) is 1. The van der Waals surface area contributed by atoms with Gasteiger partial charge in [0.15, 0.2) is 5.96 Å². The van der Waals surface area contributed by atoms with Crippen LogP contribution < -0.4 is 10.6 Å². The van der Waals surface area contributed by atoms with Crippen molar-refractivity contribution in [2.75, 3.05) is 46.8 Å². The number of nitrogens with one attached hydrogen (secondary N) is 2. The number of rotatable bonds is 9. The van der Waals surface area contributed by atoms with Gasteiger partial charge in [-0.15, -0.1) is 0 Å². The Morgan fingerprint density at radius 1 is 1.36 bits per heavy atom. The number of likely N-dealkylation sites (tertiary alicyclic amines) is 1. The van der Waals surface area contributed by atoms with E-state index in [1.165, 1.54) is 19.3 Å². The Morgan fingerprint density at radius 2 is 2.12 bits per heavy atom. The fourth-order valence-electron chi connectivity index (χ4n) is 3.24. The summed E-state index contributed by atoms with van der Waals surface area (Å²) in [7, 11) is 4.00. The van der Waals surface area contributed by atoms with E-state index in [2.05, 4.69) is 52.4 Å². The minimum Gasteiger partial charge on any atom is -0.468 e. The molecule has 25 heavy (non-hydrogen) atoms. The van der Waals surface area contributed by atoms with E-state index in [1.807, 2.05) is 13.1 Å². The molecule has 2 atom stereocenters. The zero-order chi connectivity index (χ0) is 18.1. The zero-order valence-electron chi connectivity index (χ0n) is 16.3. The van der Waals surface area contributed by atoms with Crippen LogP contribution in [0.1, 0.15) is 44.9 Å². The number of furan rings is 1. The molecule has 2 heterocycles. The summed E-state index contributed by atoms with van der Waals surface area (Å²) >= 11 is 0. The zero-order valence-corrected chi connectivity index (χ0v) is 16.3. The van der Waals surface area contributed by atoms with Crippen LogP contribution in [0.4, 0.5) is 0 Å². The molecule has 6 nitrogen and oxygen atoms in total. The van der Waals surface area contributed by atoms with Gasteiger partial charge >= 0.3 is 0 Å². The molecule has 6 heteroatoms. The summed E-state index contributed by atoms with van der Waals surface area (Å²) in [5, 5.41) is 6.89. The molecule has 0 amide bonds. The second-order valence-electron chi connectivity index (χ2n) is 6.89. The third-order valence-corrected chi connectivity index (χ3v) is 5.24. The van der Waals surface area contributed by atoms with Crippen molar-refractivity contribution in [3.63, 3.8) is 0 Å². The Kier molecular flexibility index (Phi) is 8.28. The minimum atomic E-state index is 0.263. The Balaban J connectivity index is 1.81. The quantitative estimate of drug-likeness (QED) is 0.529. The van der Waals surface area contributed by atoms with Gasteiger partial charge in [-0.3, -0.25) is 9.89 Å². The van der Waals surface area contributed by atoms with Gasteiger partial charge in [0, 0.05) is 32.7 Å². The largest absolute Gasteiger partial charge is 0.468 e. The van der Waals surface area contributed by atoms with Gasteiger partial charge in [-0.05, 0) is 58.5 Å². The number of guanidine groups is 1. The number of nitrogens with zero attached hydrogens (tertiary/aromatic N) is 3. The van der Waals surface area contributed by atoms with Crippen molar-refractivity contribution in [2.45, 2.75) is 45.2 Å². The Labute approximate surface area is 152 Å². The molecule has 1 aliphatic rings. The van der Waals surface area contributed by atoms with Crippen molar-refractivity contribution in [1.82, 2.24) is 20.4 Å². The second-order valence-corrected chi connectivity index (χ2v) is 6.89. The maximum atomic E-state index is 5.68. The van der Waals surface area contributed by atoms with E-state index in [1.54, 1.807) is 6.26 Å². The van der Waals surface area contributed by atoms with Crippen molar-refractivity contribution in [2.24, 2.45) is 4.99 Å². The van der Waals surface area contributed by atoms with Crippen LogP contribution in [0.5, 0.6) is 0 Å². The molecule has 0 aromatic carbocycles. The van der Waals surface area contributed by atoms with Crippen LogP contribution in [0.15, 0.2) is 27.8 Å². The molecule has 0 aliphatic carbocycles. The molecule has 1 fully saturated rings. The van der Waals surface area contributed by atoms with Crippen LogP contribution in [-0.4, -0.2) is 68.6 Å². The van der Waals surface area contributed by atoms with Crippen molar-refractivity contribution >= 4 is 5.96 Å². The molecular formula is C19H35N5O. The van der Waals surface area contributed by atoms with Crippen LogP contribution in [0.25, 0.3) is 0 Å². The number of aliphatic imine (C=N–C) groups is 1. The van der Waals surface area contributed by atoms with E-state index in [9.17, 15) is 0 Å². The molecule has 1 aliphatic heterocycles. The molecule has 142 valence electrons. The molecule has 0 bridgehead atoms. The summed E-state index contributed by atoms with van der Waals surface area (Å²) in [5.74, 6) is 1.88. The van der Waals surface area contributed by atoms with Gasteiger partial charge in [0.05, 0.1) is 12.3 Å². The first-order valence-electron chi connectivity index (χ1n) is 9.58. The predicted molar refractivity (Wildman–Crippen MR) is 104 cm³/mol. The van der Waals surface area contributed by atoms with E-state index < -0.39 is 0 Å². The van der Waals surface area contributed by atoms with Crippen molar-refractivity contribution in [3.05, 3.63) is 24.2 Å². The summed E-state index contributed by atoms with van der Waals surface area (Å²) in [4.78, 5) is 9.22.